The number of hydrogen-bond acceptors (Lipinski definition) is 4. The molecule has 7 heteroatoms. The third kappa shape index (κ3) is 5.67. The zero-order valence-electron chi connectivity index (χ0n) is 9.02. The van der Waals surface area contributed by atoms with E-state index >= 15 is 0 Å². The first-order valence-electron chi connectivity index (χ1n) is 4.65. The van der Waals surface area contributed by atoms with Gasteiger partial charge in [-0.25, -0.2) is 0 Å². The number of amides is 2. The average Bonchev–Trinajstić information content (AvgIpc) is 2.16. The van der Waals surface area contributed by atoms with Gasteiger partial charge in [-0.1, -0.05) is 6.92 Å². The van der Waals surface area contributed by atoms with Crippen LogP contribution in [0.5, 0.6) is 0 Å². The fraction of sp³-hybridized carbons (Fsp3) is 0.750. The minimum absolute atomic E-state index is 0.222. The van der Waals surface area contributed by atoms with Gasteiger partial charge in [0.05, 0.1) is 5.78 Å². The van der Waals surface area contributed by atoms with E-state index in [2.05, 4.69) is 10.6 Å². The van der Waals surface area contributed by atoms with Gasteiger partial charge in [-0.2, -0.15) is 0 Å². The molecule has 0 heterocycles. The molecule has 0 bridgehead atoms. The highest BCUT2D eigenvalue weighted by molar-refractivity contribution is 7.45. The summed E-state index contributed by atoms with van der Waals surface area (Å²) in [6.45, 7) is 4.70. The summed E-state index contributed by atoms with van der Waals surface area (Å²) in [5.41, 5.74) is 0. The fourth-order valence-electron chi connectivity index (χ4n) is 0.798. The molecule has 0 spiro atoms. The van der Waals surface area contributed by atoms with E-state index in [1.54, 1.807) is 6.92 Å². The molecule has 0 aliphatic rings. The second-order valence-corrected chi connectivity index (χ2v) is 4.56. The first-order valence-corrected chi connectivity index (χ1v) is 5.96. The van der Waals surface area contributed by atoms with Crippen molar-refractivity contribution in [1.29, 1.82) is 0 Å². The molecule has 0 radical (unpaired) electrons. The van der Waals surface area contributed by atoms with Crippen molar-refractivity contribution in [3.8, 4) is 0 Å². The lowest BCUT2D eigenvalue weighted by Gasteiger charge is -2.18. The smallest absolute Gasteiger partial charge is 0.242 e. The standard InChI is InChI=1S/C8H17N2O4P/c1-4-7(11)9-5(2)8(12)10-6(3)15(13)14/h5-6,13-14H,4H2,1-3H3,(H,9,11)(H,10,12)/t5-,6?/m0/s1. The van der Waals surface area contributed by atoms with Crippen LogP contribution in [0.25, 0.3) is 0 Å². The summed E-state index contributed by atoms with van der Waals surface area (Å²) in [5.74, 6) is -1.35. The number of rotatable bonds is 5. The molecule has 6 nitrogen and oxygen atoms in total. The molecule has 0 rings (SSSR count). The van der Waals surface area contributed by atoms with Crippen LogP contribution in [-0.4, -0.2) is 33.4 Å². The normalized spacial score (nSPS) is 14.5. The molecule has 15 heavy (non-hydrogen) atoms. The van der Waals surface area contributed by atoms with Crippen LogP contribution in [0, 0.1) is 0 Å². The first-order chi connectivity index (χ1) is 6.88. The Hall–Kier alpha value is -0.710. The number of carbonyl (C=O) groups is 2. The third-order valence-electron chi connectivity index (χ3n) is 1.79. The molecule has 0 fully saturated rings. The van der Waals surface area contributed by atoms with Crippen LogP contribution >= 0.6 is 8.38 Å². The van der Waals surface area contributed by atoms with Crippen molar-refractivity contribution in [3.63, 3.8) is 0 Å². The molecule has 0 saturated heterocycles. The summed E-state index contributed by atoms with van der Waals surface area (Å²) in [4.78, 5) is 39.9. The summed E-state index contributed by atoms with van der Waals surface area (Å²) < 4.78 is 0. The van der Waals surface area contributed by atoms with Gasteiger partial charge in [0.2, 0.25) is 11.8 Å². The summed E-state index contributed by atoms with van der Waals surface area (Å²) in [5, 5.41) is 4.85. The fourth-order valence-corrected chi connectivity index (χ4v) is 1.04. The van der Waals surface area contributed by atoms with Gasteiger partial charge in [0, 0.05) is 6.42 Å². The van der Waals surface area contributed by atoms with Crippen LogP contribution < -0.4 is 10.6 Å². The van der Waals surface area contributed by atoms with Crippen LogP contribution in [0.2, 0.25) is 0 Å². The lowest BCUT2D eigenvalue weighted by atomic mass is 10.3. The van der Waals surface area contributed by atoms with E-state index in [0.717, 1.165) is 0 Å². The molecule has 0 aliphatic carbocycles. The third-order valence-corrected chi connectivity index (χ3v) is 2.61. The highest BCUT2D eigenvalue weighted by Crippen LogP contribution is 2.27. The topological polar surface area (TPSA) is 98.7 Å². The highest BCUT2D eigenvalue weighted by Gasteiger charge is 2.19. The van der Waals surface area contributed by atoms with E-state index in [1.165, 1.54) is 13.8 Å². The lowest BCUT2D eigenvalue weighted by Crippen LogP contribution is -2.46. The van der Waals surface area contributed by atoms with E-state index in [1.807, 2.05) is 0 Å². The van der Waals surface area contributed by atoms with E-state index in [-0.39, 0.29) is 5.91 Å². The predicted molar refractivity (Wildman–Crippen MR) is 56.9 cm³/mol. The number of hydrogen-bond donors (Lipinski definition) is 4. The molecule has 0 aliphatic heterocycles. The molecular weight excluding hydrogens is 219 g/mol. The summed E-state index contributed by atoms with van der Waals surface area (Å²) >= 11 is 0. The SMILES string of the molecule is CCC(=O)N[C@@H](C)C(=O)NC(C)P(O)O. The van der Waals surface area contributed by atoms with Crippen molar-refractivity contribution in [3.05, 3.63) is 0 Å². The van der Waals surface area contributed by atoms with Crippen molar-refractivity contribution >= 4 is 20.2 Å². The monoisotopic (exact) mass is 236 g/mol. The van der Waals surface area contributed by atoms with E-state index in [0.29, 0.717) is 6.42 Å². The van der Waals surface area contributed by atoms with E-state index in [4.69, 9.17) is 9.79 Å². The van der Waals surface area contributed by atoms with E-state index < -0.39 is 26.1 Å². The maximum Gasteiger partial charge on any atom is 0.242 e. The van der Waals surface area contributed by atoms with Crippen molar-refractivity contribution in [2.75, 3.05) is 0 Å². The largest absolute Gasteiger partial charge is 0.349 e. The maximum atomic E-state index is 11.4. The molecule has 1 unspecified atom stereocenters. The van der Waals surface area contributed by atoms with Gasteiger partial charge >= 0.3 is 0 Å². The molecular formula is C8H17N2O4P. The Bertz CT molecular complexity index is 235. The number of carbonyl (C=O) groups excluding carboxylic acids is 2. The van der Waals surface area contributed by atoms with Crippen LogP contribution in [0.3, 0.4) is 0 Å². The Balaban J connectivity index is 4.04. The molecule has 0 aromatic carbocycles. The average molecular weight is 236 g/mol. The molecule has 0 saturated carbocycles. The zero-order valence-corrected chi connectivity index (χ0v) is 9.91. The molecule has 2 amide bonds. The first kappa shape index (κ1) is 14.3. The second-order valence-electron chi connectivity index (χ2n) is 3.15. The lowest BCUT2D eigenvalue weighted by molar-refractivity contribution is -0.128. The summed E-state index contributed by atoms with van der Waals surface area (Å²) in [7, 11) is -2.19. The molecule has 88 valence electrons. The van der Waals surface area contributed by atoms with Crippen molar-refractivity contribution < 1.29 is 19.4 Å². The Labute approximate surface area is 90.0 Å². The van der Waals surface area contributed by atoms with Gasteiger partial charge in [0.25, 0.3) is 0 Å². The highest BCUT2D eigenvalue weighted by atomic mass is 31.2. The Morgan fingerprint density at radius 1 is 1.27 bits per heavy atom. The molecule has 0 aromatic heterocycles. The van der Waals surface area contributed by atoms with Gasteiger partial charge < -0.3 is 20.4 Å². The van der Waals surface area contributed by atoms with Gasteiger partial charge in [0.1, 0.15) is 6.04 Å². The quantitative estimate of drug-likeness (QED) is 0.491. The minimum Gasteiger partial charge on any atom is -0.349 e. The maximum absolute atomic E-state index is 11.4. The summed E-state index contributed by atoms with van der Waals surface area (Å²) in [6, 6.07) is -0.671. The van der Waals surface area contributed by atoms with Crippen molar-refractivity contribution in [2.45, 2.75) is 39.0 Å². The second kappa shape index (κ2) is 6.71. The Morgan fingerprint density at radius 2 is 1.80 bits per heavy atom. The molecule has 0 aromatic rings. The van der Waals surface area contributed by atoms with Crippen LogP contribution in [0.1, 0.15) is 27.2 Å². The summed E-state index contributed by atoms with van der Waals surface area (Å²) in [6.07, 6.45) is 0.305. The number of nitrogens with one attached hydrogen (secondary N) is 2. The van der Waals surface area contributed by atoms with Gasteiger partial charge in [0.15, 0.2) is 8.38 Å². The van der Waals surface area contributed by atoms with Gasteiger partial charge in [-0.3, -0.25) is 9.59 Å². The van der Waals surface area contributed by atoms with Crippen LogP contribution in [0.15, 0.2) is 0 Å². The Morgan fingerprint density at radius 3 is 2.20 bits per heavy atom. The van der Waals surface area contributed by atoms with E-state index in [9.17, 15) is 9.59 Å². The van der Waals surface area contributed by atoms with Crippen LogP contribution in [-0.2, 0) is 9.59 Å². The van der Waals surface area contributed by atoms with Gasteiger partial charge in [-0.05, 0) is 13.8 Å². The van der Waals surface area contributed by atoms with Crippen molar-refractivity contribution in [1.82, 2.24) is 10.6 Å². The predicted octanol–water partition coefficient (Wildman–Crippen LogP) is -0.340. The Kier molecular flexibility index (Phi) is 6.40. The van der Waals surface area contributed by atoms with Crippen molar-refractivity contribution in [2.24, 2.45) is 0 Å². The minimum atomic E-state index is -2.19. The van der Waals surface area contributed by atoms with Crippen LogP contribution in [0.4, 0.5) is 0 Å². The van der Waals surface area contributed by atoms with Gasteiger partial charge in [-0.15, -0.1) is 0 Å². The molecule has 2 atom stereocenters. The molecule has 4 N–H and O–H groups in total. The zero-order chi connectivity index (χ0) is 12.0.